The van der Waals surface area contributed by atoms with Crippen molar-refractivity contribution in [3.63, 3.8) is 0 Å². The second-order valence-electron chi connectivity index (χ2n) is 4.95. The van der Waals surface area contributed by atoms with E-state index in [9.17, 15) is 5.11 Å². The van der Waals surface area contributed by atoms with Gasteiger partial charge in [0.1, 0.15) is 0 Å². The molecular weight excluding hydrogens is 156 g/mol. The van der Waals surface area contributed by atoms with Gasteiger partial charge in [-0.25, -0.2) is 0 Å². The normalized spacial score (nSPS) is 23.8. The average Bonchev–Trinajstić information content (AvgIpc) is 2.40. The first-order valence-corrected chi connectivity index (χ1v) is 4.40. The van der Waals surface area contributed by atoms with E-state index in [1.165, 1.54) is 0 Å². The van der Waals surface area contributed by atoms with Crippen molar-refractivity contribution in [1.82, 2.24) is 0 Å². The van der Waals surface area contributed by atoms with Crippen LogP contribution in [0.2, 0.25) is 0 Å². The molecule has 1 atom stereocenters. The van der Waals surface area contributed by atoms with Crippen LogP contribution < -0.4 is 0 Å². The van der Waals surface area contributed by atoms with Crippen LogP contribution in [0.1, 0.15) is 40.5 Å². The summed E-state index contributed by atoms with van der Waals surface area (Å²) in [7, 11) is 0. The number of aliphatic hydroxyl groups is 1. The van der Waals surface area contributed by atoms with Gasteiger partial charge < -0.3 is 5.11 Å². The van der Waals surface area contributed by atoms with Crippen molar-refractivity contribution < 1.29 is 14.9 Å². The molecule has 0 bridgehead atoms. The van der Waals surface area contributed by atoms with Crippen LogP contribution >= 0.6 is 0 Å². The fraction of sp³-hybridized carbons (Fsp3) is 1.00. The van der Waals surface area contributed by atoms with E-state index in [0.29, 0.717) is 17.8 Å². The van der Waals surface area contributed by atoms with Crippen molar-refractivity contribution in [2.75, 3.05) is 0 Å². The minimum Gasteiger partial charge on any atom is -0.340 e. The lowest BCUT2D eigenvalue weighted by atomic mass is 9.84. The van der Waals surface area contributed by atoms with Gasteiger partial charge in [-0.15, -0.1) is 0 Å². The predicted octanol–water partition coefficient (Wildman–Crippen LogP) is 2.06. The molecule has 12 heavy (non-hydrogen) atoms. The van der Waals surface area contributed by atoms with Crippen molar-refractivity contribution in [2.24, 2.45) is 11.3 Å². The van der Waals surface area contributed by atoms with Crippen LogP contribution in [0.4, 0.5) is 0 Å². The molecule has 1 N–H and O–H groups in total. The molecule has 3 heteroatoms. The van der Waals surface area contributed by atoms with Gasteiger partial charge in [0.15, 0.2) is 0 Å². The molecule has 0 radical (unpaired) electrons. The van der Waals surface area contributed by atoms with Crippen molar-refractivity contribution in [1.29, 1.82) is 0 Å². The van der Waals surface area contributed by atoms with E-state index < -0.39 is 5.97 Å². The molecule has 0 aromatic heterocycles. The highest BCUT2D eigenvalue weighted by Crippen LogP contribution is 2.36. The smallest absolute Gasteiger partial charge is 0.337 e. The fourth-order valence-electron chi connectivity index (χ4n) is 1.67. The van der Waals surface area contributed by atoms with Gasteiger partial charge in [-0.3, -0.25) is 0 Å². The predicted molar refractivity (Wildman–Crippen MR) is 45.0 cm³/mol. The van der Waals surface area contributed by atoms with E-state index in [1.54, 1.807) is 0 Å². The molecule has 0 aromatic rings. The Hall–Kier alpha value is -0.120. The van der Waals surface area contributed by atoms with Gasteiger partial charge in [0, 0.05) is 6.42 Å². The van der Waals surface area contributed by atoms with Crippen LogP contribution in [-0.2, 0) is 9.78 Å². The van der Waals surface area contributed by atoms with E-state index in [4.69, 9.17) is 0 Å². The summed E-state index contributed by atoms with van der Waals surface area (Å²) in [4.78, 5) is 8.87. The summed E-state index contributed by atoms with van der Waals surface area (Å²) < 4.78 is 0. The van der Waals surface area contributed by atoms with Gasteiger partial charge in [0.05, 0.1) is 0 Å². The lowest BCUT2D eigenvalue weighted by molar-refractivity contribution is 0.00308. The molecule has 1 unspecified atom stereocenters. The maximum Gasteiger partial charge on any atom is 0.337 e. The summed E-state index contributed by atoms with van der Waals surface area (Å²) in [6.07, 6.45) is 1.62. The third-order valence-corrected chi connectivity index (χ3v) is 1.84. The maximum absolute atomic E-state index is 9.25. The second kappa shape index (κ2) is 2.98. The number of hydrogen-bond donors (Lipinski definition) is 1. The highest BCUT2D eigenvalue weighted by molar-refractivity contribution is 4.70. The van der Waals surface area contributed by atoms with Gasteiger partial charge in [-0.1, -0.05) is 27.7 Å². The van der Waals surface area contributed by atoms with Crippen LogP contribution in [0.25, 0.3) is 0 Å². The largest absolute Gasteiger partial charge is 0.340 e. The Morgan fingerprint density at radius 1 is 1.33 bits per heavy atom. The molecular formula is C9H18O3. The molecule has 72 valence electrons. The topological polar surface area (TPSA) is 45.3 Å². The summed E-state index contributed by atoms with van der Waals surface area (Å²) in [6, 6.07) is 0. The number of hydrogen-bond acceptors (Lipinski definition) is 3. The highest BCUT2D eigenvalue weighted by Gasteiger charge is 2.48. The highest BCUT2D eigenvalue weighted by atomic mass is 17.4. The van der Waals surface area contributed by atoms with Crippen molar-refractivity contribution >= 4 is 0 Å². The van der Waals surface area contributed by atoms with Gasteiger partial charge in [0.25, 0.3) is 0 Å². The molecule has 1 heterocycles. The summed E-state index contributed by atoms with van der Waals surface area (Å²) in [5.74, 6) is -0.845. The molecule has 0 spiro atoms. The SMILES string of the molecule is CC(CC(C)(C)C)CC1(O)OO1. The molecule has 1 aliphatic rings. The van der Waals surface area contributed by atoms with Crippen LogP contribution in [0.15, 0.2) is 0 Å². The summed E-state index contributed by atoms with van der Waals surface area (Å²) in [5, 5.41) is 9.25. The molecule has 0 saturated carbocycles. The van der Waals surface area contributed by atoms with E-state index >= 15 is 0 Å². The Labute approximate surface area is 73.6 Å². The molecule has 1 aliphatic heterocycles. The van der Waals surface area contributed by atoms with E-state index in [1.807, 2.05) is 0 Å². The molecule has 0 aliphatic carbocycles. The fourth-order valence-corrected chi connectivity index (χ4v) is 1.67. The zero-order valence-corrected chi connectivity index (χ0v) is 8.26. The lowest BCUT2D eigenvalue weighted by Gasteiger charge is -2.22. The van der Waals surface area contributed by atoms with Crippen LogP contribution in [-0.4, -0.2) is 11.1 Å². The minimum atomic E-state index is -1.26. The first kappa shape index (κ1) is 9.96. The Morgan fingerprint density at radius 2 is 1.83 bits per heavy atom. The third-order valence-electron chi connectivity index (χ3n) is 1.84. The zero-order chi connectivity index (χ0) is 9.41. The van der Waals surface area contributed by atoms with Crippen LogP contribution in [0, 0.1) is 11.3 Å². The Bertz CT molecular complexity index is 148. The monoisotopic (exact) mass is 174 g/mol. The molecule has 1 rings (SSSR count). The standard InChI is InChI=1S/C9H18O3/c1-7(5-8(2,3)4)6-9(10)11-12-9/h7,10H,5-6H2,1-4H3. The molecule has 1 fully saturated rings. The first-order chi connectivity index (χ1) is 5.31. The molecule has 3 nitrogen and oxygen atoms in total. The van der Waals surface area contributed by atoms with Gasteiger partial charge in [-0.05, 0) is 17.8 Å². The van der Waals surface area contributed by atoms with Crippen molar-refractivity contribution in [3.05, 3.63) is 0 Å². The van der Waals surface area contributed by atoms with Gasteiger partial charge in [0.2, 0.25) is 0 Å². The van der Waals surface area contributed by atoms with Crippen molar-refractivity contribution in [3.8, 4) is 0 Å². The van der Waals surface area contributed by atoms with Crippen LogP contribution in [0.3, 0.4) is 0 Å². The lowest BCUT2D eigenvalue weighted by Crippen LogP contribution is -2.18. The van der Waals surface area contributed by atoms with E-state index in [0.717, 1.165) is 6.42 Å². The van der Waals surface area contributed by atoms with E-state index in [2.05, 4.69) is 37.5 Å². The summed E-state index contributed by atoms with van der Waals surface area (Å²) >= 11 is 0. The first-order valence-electron chi connectivity index (χ1n) is 4.40. The Balaban J connectivity index is 2.24. The van der Waals surface area contributed by atoms with Crippen LogP contribution in [0.5, 0.6) is 0 Å². The second-order valence-corrected chi connectivity index (χ2v) is 4.95. The summed E-state index contributed by atoms with van der Waals surface area (Å²) in [5.41, 5.74) is 0.296. The minimum absolute atomic E-state index is 0.296. The van der Waals surface area contributed by atoms with Crippen molar-refractivity contribution in [2.45, 2.75) is 46.5 Å². The quantitative estimate of drug-likeness (QED) is 0.526. The molecule has 0 aromatic carbocycles. The van der Waals surface area contributed by atoms with Gasteiger partial charge >= 0.3 is 5.97 Å². The zero-order valence-electron chi connectivity index (χ0n) is 8.26. The average molecular weight is 174 g/mol. The summed E-state index contributed by atoms with van der Waals surface area (Å²) in [6.45, 7) is 8.64. The Kier molecular flexibility index (Phi) is 2.47. The Morgan fingerprint density at radius 3 is 2.17 bits per heavy atom. The molecule has 0 amide bonds. The molecule has 1 saturated heterocycles. The van der Waals surface area contributed by atoms with Gasteiger partial charge in [-0.2, -0.15) is 9.78 Å². The maximum atomic E-state index is 9.25. The third kappa shape index (κ3) is 3.52. The van der Waals surface area contributed by atoms with E-state index in [-0.39, 0.29) is 0 Å². The number of rotatable bonds is 3.